The molecule has 2 fully saturated rings. The fraction of sp³-hybridized carbons (Fsp3) is 0.333. The van der Waals surface area contributed by atoms with Crippen molar-refractivity contribution in [2.75, 3.05) is 44.3 Å². The molecule has 0 aliphatic carbocycles. The summed E-state index contributed by atoms with van der Waals surface area (Å²) >= 11 is 1.66. The van der Waals surface area contributed by atoms with Gasteiger partial charge in [0.05, 0.1) is 24.6 Å². The van der Waals surface area contributed by atoms with Crippen molar-refractivity contribution in [3.8, 4) is 22.8 Å². The maximum Gasteiger partial charge on any atom is 0.255 e. The van der Waals surface area contributed by atoms with Gasteiger partial charge in [0.15, 0.2) is 5.65 Å². The number of piperidine rings is 2. The summed E-state index contributed by atoms with van der Waals surface area (Å²) in [5.41, 5.74) is 10.4. The van der Waals surface area contributed by atoms with Gasteiger partial charge >= 0.3 is 0 Å². The van der Waals surface area contributed by atoms with Crippen LogP contribution in [0.1, 0.15) is 47.6 Å². The first-order valence-electron chi connectivity index (χ1n) is 17.9. The van der Waals surface area contributed by atoms with E-state index in [0.29, 0.717) is 37.6 Å². The highest BCUT2D eigenvalue weighted by molar-refractivity contribution is 7.99. The van der Waals surface area contributed by atoms with Crippen LogP contribution in [-0.4, -0.2) is 91.9 Å². The molecule has 0 spiro atoms. The second-order valence-corrected chi connectivity index (χ2v) is 14.5. The molecule has 53 heavy (non-hydrogen) atoms. The first-order chi connectivity index (χ1) is 25.9. The molecule has 2 saturated heterocycles. The van der Waals surface area contributed by atoms with Gasteiger partial charge in [0, 0.05) is 54.4 Å². The first kappa shape index (κ1) is 34.8. The van der Waals surface area contributed by atoms with Crippen molar-refractivity contribution in [1.29, 1.82) is 0 Å². The minimum absolute atomic E-state index is 0.157. The van der Waals surface area contributed by atoms with Crippen LogP contribution < -0.4 is 15.8 Å². The Morgan fingerprint density at radius 1 is 0.887 bits per heavy atom. The number of thioether (sulfide) groups is 1. The number of para-hydroxylation sites is 1. The third-order valence-electron chi connectivity index (χ3n) is 10.1. The number of ether oxygens (including phenoxy) is 2. The number of benzene rings is 3. The molecular weight excluding hydrogens is 693 g/mol. The predicted molar refractivity (Wildman–Crippen MR) is 200 cm³/mol. The monoisotopic (exact) mass is 732 g/mol. The SMILES string of the molecule is Nc1ncnc2c1c(-c1ccc(Oc3ccccc3)cc1)nn2C1CCN(CCOCCSc2cccc3c2CN(C2CCC(=O)NC2=O)C3=O)CC1. The molecular formula is C39H40N8O5S. The zero-order chi connectivity index (χ0) is 36.3. The number of fused-ring (bicyclic) bond motifs is 2. The average Bonchev–Trinajstić information content (AvgIpc) is 3.73. The summed E-state index contributed by atoms with van der Waals surface area (Å²) in [7, 11) is 0. The third kappa shape index (κ3) is 7.34. The van der Waals surface area contributed by atoms with Gasteiger partial charge < -0.3 is 25.0 Å². The van der Waals surface area contributed by atoms with E-state index >= 15 is 0 Å². The number of nitrogens with one attached hydrogen (secondary N) is 1. The van der Waals surface area contributed by atoms with Gasteiger partial charge in [0.25, 0.3) is 5.91 Å². The number of nitrogen functional groups attached to an aromatic ring is 1. The molecule has 1 atom stereocenters. The number of rotatable bonds is 12. The molecule has 13 nitrogen and oxygen atoms in total. The standard InChI is InChI=1S/C39H40N8O5S/c40-36-34-35(25-9-11-28(12-10-25)52-27-5-2-1-3-6-27)44-47(37(34)42-24-41-36)26-15-17-45(18-16-26)19-20-51-21-22-53-32-8-4-7-29-30(32)23-46(39(29)50)31-13-14-33(48)43-38(31)49/h1-12,24,26,31H,13-23H2,(H2,40,41,42)(H,43,48,49). The number of carbonyl (C=O) groups excluding carboxylic acids is 3. The Bertz CT molecular complexity index is 2140. The average molecular weight is 733 g/mol. The highest BCUT2D eigenvalue weighted by atomic mass is 32.2. The van der Waals surface area contributed by atoms with E-state index in [0.717, 1.165) is 82.5 Å². The normalized spacial score (nSPS) is 18.1. The number of nitrogens with zero attached hydrogens (tertiary/aromatic N) is 6. The quantitative estimate of drug-likeness (QED) is 0.100. The summed E-state index contributed by atoms with van der Waals surface area (Å²) in [6, 6.07) is 22.8. The number of aromatic nitrogens is 4. The molecule has 5 aromatic rings. The van der Waals surface area contributed by atoms with E-state index in [9.17, 15) is 14.4 Å². The van der Waals surface area contributed by atoms with E-state index in [2.05, 4.69) is 20.2 Å². The summed E-state index contributed by atoms with van der Waals surface area (Å²) < 4.78 is 14.0. The third-order valence-corrected chi connectivity index (χ3v) is 11.2. The molecule has 8 rings (SSSR count). The molecule has 3 amide bonds. The van der Waals surface area contributed by atoms with E-state index in [1.54, 1.807) is 16.7 Å². The van der Waals surface area contributed by atoms with E-state index < -0.39 is 11.9 Å². The summed E-state index contributed by atoms with van der Waals surface area (Å²) in [6.45, 7) is 4.25. The molecule has 0 radical (unpaired) electrons. The maximum atomic E-state index is 13.1. The molecule has 3 aliphatic heterocycles. The Morgan fingerprint density at radius 2 is 1.68 bits per heavy atom. The van der Waals surface area contributed by atoms with Gasteiger partial charge in [-0.05, 0) is 73.4 Å². The van der Waals surface area contributed by atoms with Crippen LogP contribution in [0.15, 0.2) is 84.0 Å². The topological polar surface area (TPSA) is 158 Å². The number of likely N-dealkylation sites (tertiary alicyclic amines) is 1. The van der Waals surface area contributed by atoms with Gasteiger partial charge in [-0.25, -0.2) is 14.6 Å². The van der Waals surface area contributed by atoms with Gasteiger partial charge in [-0.3, -0.25) is 19.7 Å². The Balaban J connectivity index is 0.817. The van der Waals surface area contributed by atoms with Crippen LogP contribution in [0.25, 0.3) is 22.3 Å². The van der Waals surface area contributed by atoms with Gasteiger partial charge in [-0.2, -0.15) is 5.10 Å². The molecule has 3 aliphatic rings. The number of hydrogen-bond acceptors (Lipinski definition) is 11. The second kappa shape index (κ2) is 15.3. The van der Waals surface area contributed by atoms with Crippen molar-refractivity contribution in [1.82, 2.24) is 34.9 Å². The zero-order valence-corrected chi connectivity index (χ0v) is 30.0. The van der Waals surface area contributed by atoms with Crippen LogP contribution in [-0.2, 0) is 20.9 Å². The lowest BCUT2D eigenvalue weighted by molar-refractivity contribution is -0.136. The Kier molecular flexibility index (Phi) is 10.1. The number of nitrogens with two attached hydrogens (primary N) is 1. The van der Waals surface area contributed by atoms with Gasteiger partial charge in [0.1, 0.15) is 35.4 Å². The lowest BCUT2D eigenvalue weighted by atomic mass is 10.0. The fourth-order valence-corrected chi connectivity index (χ4v) is 8.29. The Labute approximate surface area is 310 Å². The summed E-state index contributed by atoms with van der Waals surface area (Å²) in [5, 5.41) is 8.18. The van der Waals surface area contributed by atoms with Crippen molar-refractivity contribution < 1.29 is 23.9 Å². The first-order valence-corrected chi connectivity index (χ1v) is 18.9. The van der Waals surface area contributed by atoms with E-state index in [4.69, 9.17) is 20.3 Å². The van der Waals surface area contributed by atoms with Crippen molar-refractivity contribution in [3.05, 3.63) is 90.3 Å². The molecule has 14 heteroatoms. The van der Waals surface area contributed by atoms with E-state index in [-0.39, 0.29) is 24.3 Å². The maximum absolute atomic E-state index is 13.1. The fourth-order valence-electron chi connectivity index (χ4n) is 7.34. The lowest BCUT2D eigenvalue weighted by Gasteiger charge is -2.32. The van der Waals surface area contributed by atoms with Crippen LogP contribution in [0.4, 0.5) is 5.82 Å². The smallest absolute Gasteiger partial charge is 0.255 e. The number of anilines is 1. The molecule has 0 bridgehead atoms. The number of imide groups is 1. The van der Waals surface area contributed by atoms with Gasteiger partial charge in [-0.15, -0.1) is 11.8 Å². The number of carbonyl (C=O) groups is 3. The lowest BCUT2D eigenvalue weighted by Crippen LogP contribution is -2.52. The van der Waals surface area contributed by atoms with Crippen molar-refractivity contribution in [2.45, 2.75) is 49.2 Å². The molecule has 3 aromatic carbocycles. The van der Waals surface area contributed by atoms with Gasteiger partial charge in [-0.1, -0.05) is 24.3 Å². The Hall–Kier alpha value is -5.31. The van der Waals surface area contributed by atoms with Crippen molar-refractivity contribution >= 4 is 46.3 Å². The number of hydrogen-bond donors (Lipinski definition) is 2. The summed E-state index contributed by atoms with van der Waals surface area (Å²) in [6.07, 6.45) is 3.94. The van der Waals surface area contributed by atoms with Crippen molar-refractivity contribution in [2.24, 2.45) is 0 Å². The molecule has 5 heterocycles. The minimum atomic E-state index is -0.618. The Morgan fingerprint density at radius 3 is 2.47 bits per heavy atom. The molecule has 1 unspecified atom stereocenters. The summed E-state index contributed by atoms with van der Waals surface area (Å²) in [5.74, 6) is 1.82. The molecule has 2 aromatic heterocycles. The van der Waals surface area contributed by atoms with E-state index in [1.807, 2.05) is 77.5 Å². The van der Waals surface area contributed by atoms with Crippen LogP contribution in [0, 0.1) is 0 Å². The minimum Gasteiger partial charge on any atom is -0.457 e. The zero-order valence-electron chi connectivity index (χ0n) is 29.1. The predicted octanol–water partition coefficient (Wildman–Crippen LogP) is 5.07. The van der Waals surface area contributed by atoms with Crippen LogP contribution in [0.3, 0.4) is 0 Å². The largest absolute Gasteiger partial charge is 0.457 e. The highest BCUT2D eigenvalue weighted by Gasteiger charge is 2.39. The molecule has 0 saturated carbocycles. The number of amides is 3. The van der Waals surface area contributed by atoms with Crippen molar-refractivity contribution in [3.63, 3.8) is 0 Å². The van der Waals surface area contributed by atoms with E-state index in [1.165, 1.54) is 6.33 Å². The van der Waals surface area contributed by atoms with Crippen LogP contribution in [0.2, 0.25) is 0 Å². The van der Waals surface area contributed by atoms with Crippen LogP contribution in [0.5, 0.6) is 11.5 Å². The van der Waals surface area contributed by atoms with Crippen LogP contribution >= 0.6 is 11.8 Å². The molecule has 3 N–H and O–H groups in total. The highest BCUT2D eigenvalue weighted by Crippen LogP contribution is 2.36. The van der Waals surface area contributed by atoms with Gasteiger partial charge in [0.2, 0.25) is 11.8 Å². The summed E-state index contributed by atoms with van der Waals surface area (Å²) in [4.78, 5) is 51.1. The second-order valence-electron chi connectivity index (χ2n) is 13.4. The molecule has 272 valence electrons.